The van der Waals surface area contributed by atoms with Gasteiger partial charge in [-0.05, 0) is 86.8 Å². The van der Waals surface area contributed by atoms with Gasteiger partial charge in [-0.2, -0.15) is 0 Å². The molecule has 0 bridgehead atoms. The van der Waals surface area contributed by atoms with Crippen molar-refractivity contribution in [2.45, 2.75) is 84.2 Å². The molecule has 1 aromatic rings. The van der Waals surface area contributed by atoms with E-state index < -0.39 is 11.6 Å². The van der Waals surface area contributed by atoms with Crippen LogP contribution < -0.4 is 0 Å². The zero-order chi connectivity index (χ0) is 18.2. The molecule has 0 aliphatic heterocycles. The maximum absolute atomic E-state index is 13.2. The summed E-state index contributed by atoms with van der Waals surface area (Å²) in [7, 11) is 0. The second kappa shape index (κ2) is 10.3. The minimum Gasteiger partial charge on any atom is -0.393 e. The summed E-state index contributed by atoms with van der Waals surface area (Å²) < 4.78 is 26.2. The Morgan fingerprint density at radius 3 is 1.96 bits per heavy atom. The molecule has 0 amide bonds. The van der Waals surface area contributed by atoms with Crippen LogP contribution in [0.4, 0.5) is 8.78 Å². The Hall–Kier alpha value is -0.960. The number of aliphatic hydroxyl groups excluding tert-OH is 1. The molecule has 0 spiro atoms. The predicted octanol–water partition coefficient (Wildman–Crippen LogP) is 6.28. The first-order chi connectivity index (χ1) is 12.1. The van der Waals surface area contributed by atoms with Gasteiger partial charge in [0.1, 0.15) is 0 Å². The average Bonchev–Trinajstić information content (AvgIpc) is 2.65. The lowest BCUT2D eigenvalue weighted by Crippen LogP contribution is -2.27. The molecule has 25 heavy (non-hydrogen) atoms. The summed E-state index contributed by atoms with van der Waals surface area (Å²) in [6.07, 6.45) is 11.4. The zero-order valence-electron chi connectivity index (χ0n) is 15.8. The van der Waals surface area contributed by atoms with Gasteiger partial charge >= 0.3 is 0 Å². The van der Waals surface area contributed by atoms with E-state index in [-0.39, 0.29) is 6.10 Å². The van der Waals surface area contributed by atoms with Crippen LogP contribution in [0, 0.1) is 29.4 Å². The highest BCUT2D eigenvalue weighted by molar-refractivity contribution is 5.17. The van der Waals surface area contributed by atoms with E-state index in [1.54, 1.807) is 6.07 Å². The zero-order valence-corrected chi connectivity index (χ0v) is 15.8. The normalized spacial score (nSPS) is 29.6. The van der Waals surface area contributed by atoms with Crippen LogP contribution in [0.25, 0.3) is 0 Å². The molecule has 142 valence electrons. The second-order valence-corrected chi connectivity index (χ2v) is 7.64. The van der Waals surface area contributed by atoms with Gasteiger partial charge in [0.15, 0.2) is 11.6 Å². The first-order valence-corrected chi connectivity index (χ1v) is 10.2. The van der Waals surface area contributed by atoms with Crippen molar-refractivity contribution < 1.29 is 13.9 Å². The number of rotatable bonds is 4. The summed E-state index contributed by atoms with van der Waals surface area (Å²) in [6.45, 7) is 4.00. The van der Waals surface area contributed by atoms with Gasteiger partial charge < -0.3 is 5.11 Å². The monoisotopic (exact) mass is 352 g/mol. The molecule has 2 fully saturated rings. The SMILES string of the molecule is CC.OC1CCC(C2CCC(CCc3ccc(F)c(F)c3)CC2)CC1. The first kappa shape index (κ1) is 20.4. The molecule has 0 heterocycles. The van der Waals surface area contributed by atoms with E-state index in [4.69, 9.17) is 0 Å². The van der Waals surface area contributed by atoms with E-state index in [0.29, 0.717) is 0 Å². The summed E-state index contributed by atoms with van der Waals surface area (Å²) in [5.41, 5.74) is 0.910. The fraction of sp³-hybridized carbons (Fsp3) is 0.727. The van der Waals surface area contributed by atoms with Crippen molar-refractivity contribution in [1.29, 1.82) is 0 Å². The van der Waals surface area contributed by atoms with E-state index in [1.165, 1.54) is 50.7 Å². The largest absolute Gasteiger partial charge is 0.393 e. The quantitative estimate of drug-likeness (QED) is 0.676. The predicted molar refractivity (Wildman–Crippen MR) is 99.4 cm³/mol. The van der Waals surface area contributed by atoms with Crippen molar-refractivity contribution in [3.63, 3.8) is 0 Å². The lowest BCUT2D eigenvalue weighted by Gasteiger charge is -2.37. The molecule has 2 saturated carbocycles. The van der Waals surface area contributed by atoms with Crippen molar-refractivity contribution in [3.8, 4) is 0 Å². The number of benzene rings is 1. The topological polar surface area (TPSA) is 20.2 Å². The summed E-state index contributed by atoms with van der Waals surface area (Å²) in [5, 5.41) is 9.63. The molecule has 1 nitrogen and oxygen atoms in total. The van der Waals surface area contributed by atoms with Crippen LogP contribution >= 0.6 is 0 Å². The Kier molecular flexibility index (Phi) is 8.35. The third-order valence-corrected chi connectivity index (χ3v) is 6.12. The lowest BCUT2D eigenvalue weighted by molar-refractivity contribution is 0.0765. The van der Waals surface area contributed by atoms with Gasteiger partial charge in [-0.1, -0.05) is 32.8 Å². The third-order valence-electron chi connectivity index (χ3n) is 6.12. The minimum atomic E-state index is -0.758. The van der Waals surface area contributed by atoms with E-state index in [0.717, 1.165) is 49.0 Å². The average molecular weight is 353 g/mol. The van der Waals surface area contributed by atoms with Crippen LogP contribution in [-0.4, -0.2) is 11.2 Å². The van der Waals surface area contributed by atoms with Gasteiger partial charge in [0.25, 0.3) is 0 Å². The van der Waals surface area contributed by atoms with Crippen molar-refractivity contribution in [2.75, 3.05) is 0 Å². The van der Waals surface area contributed by atoms with Gasteiger partial charge in [0, 0.05) is 0 Å². The molecule has 0 atom stereocenters. The van der Waals surface area contributed by atoms with Crippen molar-refractivity contribution in [3.05, 3.63) is 35.4 Å². The molecule has 0 unspecified atom stereocenters. The maximum Gasteiger partial charge on any atom is 0.159 e. The van der Waals surface area contributed by atoms with Crippen LogP contribution in [0.5, 0.6) is 0 Å². The first-order valence-electron chi connectivity index (χ1n) is 10.2. The summed E-state index contributed by atoms with van der Waals surface area (Å²) >= 11 is 0. The Balaban J connectivity index is 0.00000109. The standard InChI is InChI=1S/C20H28F2O.C2H6/c21-19-12-5-15(13-20(19)22)2-1-14-3-6-16(7-4-14)17-8-10-18(23)11-9-17;1-2/h5,12-14,16-18,23H,1-4,6-11H2;1-2H3. The van der Waals surface area contributed by atoms with Gasteiger partial charge in [-0.3, -0.25) is 0 Å². The molecule has 0 aromatic heterocycles. The molecule has 1 aromatic carbocycles. The van der Waals surface area contributed by atoms with Crippen molar-refractivity contribution >= 4 is 0 Å². The third kappa shape index (κ3) is 6.06. The van der Waals surface area contributed by atoms with Crippen LogP contribution in [0.1, 0.15) is 77.2 Å². The smallest absolute Gasteiger partial charge is 0.159 e. The summed E-state index contributed by atoms with van der Waals surface area (Å²) in [5.74, 6) is 0.915. The van der Waals surface area contributed by atoms with E-state index >= 15 is 0 Å². The molecule has 1 N–H and O–H groups in total. The fourth-order valence-corrected chi connectivity index (χ4v) is 4.59. The number of hydrogen-bond acceptors (Lipinski definition) is 1. The molecule has 2 aliphatic rings. The molecular formula is C22H34F2O. The molecular weight excluding hydrogens is 318 g/mol. The Morgan fingerprint density at radius 1 is 0.840 bits per heavy atom. The molecule has 0 radical (unpaired) electrons. The lowest BCUT2D eigenvalue weighted by atomic mass is 9.70. The Bertz CT molecular complexity index is 501. The van der Waals surface area contributed by atoms with Gasteiger partial charge in [-0.25, -0.2) is 8.78 Å². The van der Waals surface area contributed by atoms with Crippen LogP contribution in [0.2, 0.25) is 0 Å². The minimum absolute atomic E-state index is 0.0568. The Morgan fingerprint density at radius 2 is 1.40 bits per heavy atom. The van der Waals surface area contributed by atoms with Crippen LogP contribution in [0.3, 0.4) is 0 Å². The van der Waals surface area contributed by atoms with E-state index in [9.17, 15) is 13.9 Å². The molecule has 2 aliphatic carbocycles. The highest BCUT2D eigenvalue weighted by atomic mass is 19.2. The summed E-state index contributed by atoms with van der Waals surface area (Å²) in [6, 6.07) is 4.28. The van der Waals surface area contributed by atoms with Gasteiger partial charge in [-0.15, -0.1) is 0 Å². The fourth-order valence-electron chi connectivity index (χ4n) is 4.59. The van der Waals surface area contributed by atoms with Crippen molar-refractivity contribution in [1.82, 2.24) is 0 Å². The number of halogens is 2. The van der Waals surface area contributed by atoms with Crippen LogP contribution in [-0.2, 0) is 6.42 Å². The molecule has 3 rings (SSSR count). The molecule has 0 saturated heterocycles. The Labute approximate surface area is 151 Å². The molecule has 3 heteroatoms. The highest BCUT2D eigenvalue weighted by Crippen LogP contribution is 2.41. The van der Waals surface area contributed by atoms with Crippen LogP contribution in [0.15, 0.2) is 18.2 Å². The number of aryl methyl sites for hydroxylation is 1. The second-order valence-electron chi connectivity index (χ2n) is 7.64. The van der Waals surface area contributed by atoms with Crippen molar-refractivity contribution in [2.24, 2.45) is 17.8 Å². The highest BCUT2D eigenvalue weighted by Gasteiger charge is 2.30. The van der Waals surface area contributed by atoms with Gasteiger partial charge in [0.05, 0.1) is 6.10 Å². The summed E-state index contributed by atoms with van der Waals surface area (Å²) in [4.78, 5) is 0. The number of aliphatic hydroxyl groups is 1. The van der Waals surface area contributed by atoms with E-state index in [2.05, 4.69) is 0 Å². The number of hydrogen-bond donors (Lipinski definition) is 1. The van der Waals surface area contributed by atoms with E-state index in [1.807, 2.05) is 13.8 Å². The maximum atomic E-state index is 13.2. The van der Waals surface area contributed by atoms with Gasteiger partial charge in [0.2, 0.25) is 0 Å².